The van der Waals surface area contributed by atoms with Gasteiger partial charge in [-0.1, -0.05) is 0 Å². The van der Waals surface area contributed by atoms with Crippen LogP contribution in [-0.2, 0) is 6.18 Å². The van der Waals surface area contributed by atoms with Crippen LogP contribution in [0.1, 0.15) is 15.9 Å². The van der Waals surface area contributed by atoms with Crippen molar-refractivity contribution in [1.29, 1.82) is 0 Å². The number of rotatable bonds is 6. The Bertz CT molecular complexity index is 690. The van der Waals surface area contributed by atoms with Gasteiger partial charge in [0.25, 0.3) is 5.91 Å². The van der Waals surface area contributed by atoms with E-state index < -0.39 is 17.6 Å². The fraction of sp³-hybridized carbons (Fsp3) is 0.267. The average Bonchev–Trinajstić information content (AvgIpc) is 2.58. The Morgan fingerprint density at radius 2 is 1.88 bits per heavy atom. The van der Waals surface area contributed by atoms with Crippen LogP contribution in [0.4, 0.5) is 19.1 Å². The second-order valence-corrected chi connectivity index (χ2v) is 4.68. The summed E-state index contributed by atoms with van der Waals surface area (Å²) in [6.45, 7) is 0.597. The van der Waals surface area contributed by atoms with Crippen molar-refractivity contribution >= 4 is 11.9 Å². The van der Waals surface area contributed by atoms with Crippen LogP contribution in [0.2, 0.25) is 0 Å². The summed E-state index contributed by atoms with van der Waals surface area (Å²) in [5.41, 5.74) is -0.642. The molecule has 0 fully saturated rings. The van der Waals surface area contributed by atoms with Crippen molar-refractivity contribution in [2.75, 3.05) is 25.5 Å². The van der Waals surface area contributed by atoms with Crippen LogP contribution in [0.3, 0.4) is 0 Å². The molecule has 24 heavy (non-hydrogen) atoms. The van der Waals surface area contributed by atoms with E-state index in [1.807, 2.05) is 0 Å². The van der Waals surface area contributed by atoms with Crippen LogP contribution in [0.5, 0.6) is 5.88 Å². The maximum Gasteiger partial charge on any atom is 0.416 e. The summed E-state index contributed by atoms with van der Waals surface area (Å²) in [5, 5.41) is 5.48. The van der Waals surface area contributed by atoms with Gasteiger partial charge in [0.05, 0.1) is 12.7 Å². The Kier molecular flexibility index (Phi) is 5.56. The highest BCUT2D eigenvalue weighted by atomic mass is 19.4. The van der Waals surface area contributed by atoms with Crippen LogP contribution in [0.25, 0.3) is 0 Å². The highest BCUT2D eigenvalue weighted by Crippen LogP contribution is 2.29. The molecule has 0 aliphatic carbocycles. The van der Waals surface area contributed by atoms with Crippen LogP contribution in [0.15, 0.2) is 36.5 Å². The Hall–Kier alpha value is -2.84. The van der Waals surface area contributed by atoms with E-state index in [9.17, 15) is 18.0 Å². The molecule has 0 unspecified atom stereocenters. The first-order valence-corrected chi connectivity index (χ1v) is 6.96. The van der Waals surface area contributed by atoms with Crippen molar-refractivity contribution in [3.05, 3.63) is 47.7 Å². The number of hydrogen-bond donors (Lipinski definition) is 2. The Balaban J connectivity index is 1.80. The molecule has 2 N–H and O–H groups in total. The summed E-state index contributed by atoms with van der Waals surface area (Å²) in [5.74, 6) is 0.288. The number of aromatic nitrogens is 2. The van der Waals surface area contributed by atoms with Gasteiger partial charge in [0.15, 0.2) is 0 Å². The van der Waals surface area contributed by atoms with Gasteiger partial charge in [-0.15, -0.1) is 0 Å². The summed E-state index contributed by atoms with van der Waals surface area (Å²) in [7, 11) is 1.48. The SMILES string of the molecule is COc1ccnc(NCCNC(=O)c2ccc(C(F)(F)F)cc2)n1. The monoisotopic (exact) mass is 340 g/mol. The number of halogens is 3. The molecule has 2 rings (SSSR count). The number of hydrogen-bond acceptors (Lipinski definition) is 5. The van der Waals surface area contributed by atoms with Crippen LogP contribution in [0, 0.1) is 0 Å². The van der Waals surface area contributed by atoms with E-state index in [0.717, 1.165) is 24.3 Å². The molecular formula is C15H15F3N4O2. The van der Waals surface area contributed by atoms with Crippen molar-refractivity contribution < 1.29 is 22.7 Å². The number of anilines is 1. The molecule has 1 heterocycles. The molecule has 9 heteroatoms. The van der Waals surface area contributed by atoms with Gasteiger partial charge in [-0.2, -0.15) is 18.2 Å². The number of amides is 1. The van der Waals surface area contributed by atoms with Gasteiger partial charge in [-0.3, -0.25) is 4.79 Å². The van der Waals surface area contributed by atoms with Gasteiger partial charge in [-0.05, 0) is 24.3 Å². The molecule has 6 nitrogen and oxygen atoms in total. The largest absolute Gasteiger partial charge is 0.481 e. The number of alkyl halides is 3. The Morgan fingerprint density at radius 1 is 1.17 bits per heavy atom. The molecule has 0 spiro atoms. The highest BCUT2D eigenvalue weighted by molar-refractivity contribution is 5.94. The number of carbonyl (C=O) groups excluding carboxylic acids is 1. The lowest BCUT2D eigenvalue weighted by Gasteiger charge is -2.09. The molecule has 0 aliphatic heterocycles. The lowest BCUT2D eigenvalue weighted by molar-refractivity contribution is -0.137. The molecule has 1 amide bonds. The topological polar surface area (TPSA) is 76.1 Å². The molecule has 2 aromatic rings. The number of ether oxygens (including phenoxy) is 1. The molecule has 128 valence electrons. The molecule has 0 atom stereocenters. The predicted octanol–water partition coefficient (Wildman–Crippen LogP) is 2.35. The minimum absolute atomic E-state index is 0.153. The average molecular weight is 340 g/mol. The fourth-order valence-electron chi connectivity index (χ4n) is 1.80. The summed E-state index contributed by atoms with van der Waals surface area (Å²) in [4.78, 5) is 19.9. The lowest BCUT2D eigenvalue weighted by atomic mass is 10.1. The van der Waals surface area contributed by atoms with Crippen LogP contribution in [-0.4, -0.2) is 36.1 Å². The van der Waals surface area contributed by atoms with Crippen LogP contribution < -0.4 is 15.4 Å². The van der Waals surface area contributed by atoms with E-state index >= 15 is 0 Å². The smallest absolute Gasteiger partial charge is 0.416 e. The van der Waals surface area contributed by atoms with Crippen molar-refractivity contribution in [2.45, 2.75) is 6.18 Å². The summed E-state index contributed by atoms with van der Waals surface area (Å²) < 4.78 is 42.3. The summed E-state index contributed by atoms with van der Waals surface area (Å²) in [6.07, 6.45) is -2.90. The third kappa shape index (κ3) is 4.83. The maximum atomic E-state index is 12.5. The quantitative estimate of drug-likeness (QED) is 0.790. The van der Waals surface area contributed by atoms with Gasteiger partial charge in [0.1, 0.15) is 0 Å². The van der Waals surface area contributed by atoms with Gasteiger partial charge in [-0.25, -0.2) is 4.98 Å². The number of methoxy groups -OCH3 is 1. The third-order valence-corrected chi connectivity index (χ3v) is 3.01. The van der Waals surface area contributed by atoms with Gasteiger partial charge < -0.3 is 15.4 Å². The van der Waals surface area contributed by atoms with Gasteiger partial charge >= 0.3 is 6.18 Å². The molecular weight excluding hydrogens is 325 g/mol. The molecule has 0 saturated heterocycles. The van der Waals surface area contributed by atoms with E-state index in [-0.39, 0.29) is 12.1 Å². The zero-order valence-corrected chi connectivity index (χ0v) is 12.7. The van der Waals surface area contributed by atoms with Gasteiger partial charge in [0.2, 0.25) is 11.8 Å². The first-order valence-electron chi connectivity index (χ1n) is 6.96. The second kappa shape index (κ2) is 7.62. The zero-order valence-electron chi connectivity index (χ0n) is 12.7. The van der Waals surface area contributed by atoms with E-state index in [4.69, 9.17) is 4.74 Å². The van der Waals surface area contributed by atoms with E-state index in [2.05, 4.69) is 20.6 Å². The standard InChI is InChI=1S/C15H15F3N4O2/c1-24-12-6-7-20-14(22-12)21-9-8-19-13(23)10-2-4-11(5-3-10)15(16,17)18/h2-7H,8-9H2,1H3,(H,19,23)(H,20,21,22). The zero-order chi connectivity index (χ0) is 17.6. The lowest BCUT2D eigenvalue weighted by Crippen LogP contribution is -2.29. The maximum absolute atomic E-state index is 12.5. The minimum atomic E-state index is -4.42. The van der Waals surface area contributed by atoms with Gasteiger partial charge in [0, 0.05) is 30.9 Å². The highest BCUT2D eigenvalue weighted by Gasteiger charge is 2.30. The Labute approximate surface area is 136 Å². The summed E-state index contributed by atoms with van der Waals surface area (Å²) >= 11 is 0. The number of benzene rings is 1. The van der Waals surface area contributed by atoms with Crippen molar-refractivity contribution in [2.24, 2.45) is 0 Å². The fourth-order valence-corrected chi connectivity index (χ4v) is 1.80. The van der Waals surface area contributed by atoms with Crippen molar-refractivity contribution in [3.8, 4) is 5.88 Å². The van der Waals surface area contributed by atoms with E-state index in [0.29, 0.717) is 18.4 Å². The van der Waals surface area contributed by atoms with Crippen molar-refractivity contribution in [1.82, 2.24) is 15.3 Å². The number of nitrogens with zero attached hydrogens (tertiary/aromatic N) is 2. The van der Waals surface area contributed by atoms with Crippen molar-refractivity contribution in [3.63, 3.8) is 0 Å². The number of nitrogens with one attached hydrogen (secondary N) is 2. The predicted molar refractivity (Wildman–Crippen MR) is 80.9 cm³/mol. The first-order chi connectivity index (χ1) is 11.4. The molecule has 0 radical (unpaired) electrons. The van der Waals surface area contributed by atoms with Crippen LogP contribution >= 0.6 is 0 Å². The first kappa shape index (κ1) is 17.5. The molecule has 0 aliphatic rings. The Morgan fingerprint density at radius 3 is 2.50 bits per heavy atom. The number of carbonyl (C=O) groups is 1. The molecule has 1 aromatic carbocycles. The summed E-state index contributed by atoms with van der Waals surface area (Å²) in [6, 6.07) is 5.61. The normalized spacial score (nSPS) is 11.0. The third-order valence-electron chi connectivity index (χ3n) is 3.01. The second-order valence-electron chi connectivity index (χ2n) is 4.68. The van der Waals surface area contributed by atoms with E-state index in [1.165, 1.54) is 13.3 Å². The molecule has 1 aromatic heterocycles. The molecule has 0 saturated carbocycles. The minimum Gasteiger partial charge on any atom is -0.481 e. The molecule has 0 bridgehead atoms. The van der Waals surface area contributed by atoms with E-state index in [1.54, 1.807) is 6.07 Å².